The minimum Gasteiger partial charge on any atom is -0.489 e. The predicted molar refractivity (Wildman–Crippen MR) is 135 cm³/mol. The van der Waals surface area contributed by atoms with E-state index in [0.29, 0.717) is 43.2 Å². The average molecular weight is 482 g/mol. The highest BCUT2D eigenvalue weighted by Crippen LogP contribution is 2.39. The zero-order valence-corrected chi connectivity index (χ0v) is 19.3. The molecule has 2 aliphatic heterocycles. The zero-order valence-electron chi connectivity index (χ0n) is 19.3. The minimum atomic E-state index is -0.386. The third kappa shape index (κ3) is 3.54. The Labute approximate surface area is 206 Å². The van der Waals surface area contributed by atoms with Crippen LogP contribution in [0.4, 0.5) is 5.95 Å². The molecule has 0 spiro atoms. The number of hydrogen-bond acceptors (Lipinski definition) is 8. The van der Waals surface area contributed by atoms with Gasteiger partial charge >= 0.3 is 0 Å². The number of pyridine rings is 1. The van der Waals surface area contributed by atoms with E-state index in [1.165, 1.54) is 0 Å². The molecule has 0 saturated carbocycles. The molecule has 1 atom stereocenters. The first kappa shape index (κ1) is 20.6. The van der Waals surface area contributed by atoms with Crippen molar-refractivity contribution in [2.75, 3.05) is 18.5 Å². The fourth-order valence-corrected chi connectivity index (χ4v) is 4.60. The number of rotatable bonds is 4. The highest BCUT2D eigenvalue weighted by atomic mass is 16.5. The quantitative estimate of drug-likeness (QED) is 0.402. The maximum absolute atomic E-state index is 6.12. The van der Waals surface area contributed by atoms with Gasteiger partial charge in [0.05, 0.1) is 29.9 Å². The van der Waals surface area contributed by atoms with Crippen LogP contribution in [-0.2, 0) is 6.61 Å². The molecular weight excluding hydrogens is 458 g/mol. The van der Waals surface area contributed by atoms with Crippen LogP contribution in [0.25, 0.3) is 16.7 Å². The van der Waals surface area contributed by atoms with Gasteiger partial charge in [-0.1, -0.05) is 18.2 Å². The molecule has 180 valence electrons. The molecule has 2 aliphatic rings. The number of aliphatic imine (C=N–C) groups is 1. The van der Waals surface area contributed by atoms with Gasteiger partial charge in [-0.25, -0.2) is 15.0 Å². The molecule has 2 aromatic carbocycles. The Bertz CT molecular complexity index is 1590. The van der Waals surface area contributed by atoms with E-state index in [1.54, 1.807) is 0 Å². The summed E-state index contributed by atoms with van der Waals surface area (Å²) < 4.78 is 21.7. The molecule has 0 radical (unpaired) electrons. The number of guanidine groups is 1. The standard InChI is InChI=1S/C26H23N7O3/c27-25-30-24(33-20-13-22-21(34-10-3-11-35-22)12-19(20)29-26(33)31-25)16-5-7-18(8-6-16)36-15-17-14-32-9-2-1-4-23(32)28-17/h1-2,4-9,12-14,24H,3,10-11,15H2,(H3,27,29,30,31)/t24-/m0/s1. The van der Waals surface area contributed by atoms with Crippen LogP contribution in [0, 0.1) is 0 Å². The van der Waals surface area contributed by atoms with Gasteiger partial charge in [0.15, 0.2) is 23.6 Å². The molecule has 0 saturated heterocycles. The highest BCUT2D eigenvalue weighted by molar-refractivity contribution is 5.95. The Kier molecular flexibility index (Phi) is 4.69. The third-order valence-corrected chi connectivity index (χ3v) is 6.28. The second kappa shape index (κ2) is 8.19. The van der Waals surface area contributed by atoms with Crippen LogP contribution in [0.5, 0.6) is 17.2 Å². The van der Waals surface area contributed by atoms with Gasteiger partial charge in [-0.05, 0) is 29.8 Å². The summed E-state index contributed by atoms with van der Waals surface area (Å²) >= 11 is 0. The van der Waals surface area contributed by atoms with Gasteiger partial charge in [0.1, 0.15) is 18.0 Å². The predicted octanol–water partition coefficient (Wildman–Crippen LogP) is 3.71. The number of nitrogens with one attached hydrogen (secondary N) is 1. The van der Waals surface area contributed by atoms with E-state index in [9.17, 15) is 0 Å². The maximum atomic E-state index is 6.12. The Morgan fingerprint density at radius 1 is 1.03 bits per heavy atom. The van der Waals surface area contributed by atoms with Crippen molar-refractivity contribution in [3.63, 3.8) is 0 Å². The molecule has 0 fully saturated rings. The molecule has 0 bridgehead atoms. The molecular formula is C26H23N7O3. The summed E-state index contributed by atoms with van der Waals surface area (Å²) in [5.41, 5.74) is 10.5. The van der Waals surface area contributed by atoms with Crippen molar-refractivity contribution in [3.8, 4) is 17.2 Å². The number of nitrogens with two attached hydrogens (primary N) is 1. The van der Waals surface area contributed by atoms with Crippen LogP contribution < -0.4 is 25.3 Å². The summed E-state index contributed by atoms with van der Waals surface area (Å²) in [4.78, 5) is 14.0. The van der Waals surface area contributed by atoms with Gasteiger partial charge < -0.3 is 24.3 Å². The molecule has 10 heteroatoms. The van der Waals surface area contributed by atoms with Crippen molar-refractivity contribution in [1.82, 2.24) is 18.9 Å². The van der Waals surface area contributed by atoms with Gasteiger partial charge in [-0.2, -0.15) is 0 Å². The third-order valence-electron chi connectivity index (χ3n) is 6.28. The molecule has 0 unspecified atom stereocenters. The van der Waals surface area contributed by atoms with Crippen LogP contribution >= 0.6 is 0 Å². The number of ether oxygens (including phenoxy) is 3. The monoisotopic (exact) mass is 481 g/mol. The Morgan fingerprint density at radius 3 is 2.69 bits per heavy atom. The normalized spacial score (nSPS) is 16.8. The van der Waals surface area contributed by atoms with Crippen molar-refractivity contribution in [3.05, 3.63) is 78.2 Å². The number of nitrogens with zero attached hydrogens (tertiary/aromatic N) is 5. The number of benzene rings is 2. The SMILES string of the molecule is NC1=N[C@H](c2ccc(OCc3cn4ccccc4n3)cc2)n2c(nc3cc4c(cc32)OCCCO4)N1. The summed E-state index contributed by atoms with van der Waals surface area (Å²) in [6, 6.07) is 17.6. The number of anilines is 1. The Hall–Kier alpha value is -4.73. The second-order valence-electron chi connectivity index (χ2n) is 8.71. The Morgan fingerprint density at radius 2 is 1.86 bits per heavy atom. The summed E-state index contributed by atoms with van der Waals surface area (Å²) in [5.74, 6) is 3.08. The van der Waals surface area contributed by atoms with Crippen LogP contribution in [0.15, 0.2) is 72.0 Å². The van der Waals surface area contributed by atoms with Crippen LogP contribution in [0.3, 0.4) is 0 Å². The van der Waals surface area contributed by atoms with E-state index in [0.717, 1.165) is 40.1 Å². The first-order chi connectivity index (χ1) is 17.7. The zero-order chi connectivity index (χ0) is 24.1. The lowest BCUT2D eigenvalue weighted by atomic mass is 10.1. The minimum absolute atomic E-state index is 0.309. The average Bonchev–Trinajstić information content (AvgIpc) is 3.38. The molecule has 3 aromatic heterocycles. The highest BCUT2D eigenvalue weighted by Gasteiger charge is 2.27. The summed E-state index contributed by atoms with van der Waals surface area (Å²) in [7, 11) is 0. The first-order valence-corrected chi connectivity index (χ1v) is 11.8. The molecule has 0 aliphatic carbocycles. The van der Waals surface area contributed by atoms with Gasteiger partial charge in [-0.15, -0.1) is 0 Å². The summed E-state index contributed by atoms with van der Waals surface area (Å²) in [6.45, 7) is 1.61. The lowest BCUT2D eigenvalue weighted by molar-refractivity contribution is 0.297. The molecule has 3 N–H and O–H groups in total. The lowest BCUT2D eigenvalue weighted by Gasteiger charge is -2.24. The molecule has 5 heterocycles. The molecule has 5 aromatic rings. The van der Waals surface area contributed by atoms with E-state index >= 15 is 0 Å². The summed E-state index contributed by atoms with van der Waals surface area (Å²) in [5, 5.41) is 3.08. The molecule has 10 nitrogen and oxygen atoms in total. The summed E-state index contributed by atoms with van der Waals surface area (Å²) in [6.07, 6.45) is 4.39. The van der Waals surface area contributed by atoms with Gasteiger partial charge in [0, 0.05) is 30.9 Å². The Balaban J connectivity index is 1.18. The van der Waals surface area contributed by atoms with E-state index < -0.39 is 0 Å². The van der Waals surface area contributed by atoms with Crippen molar-refractivity contribution in [2.45, 2.75) is 19.2 Å². The second-order valence-corrected chi connectivity index (χ2v) is 8.71. The number of hydrogen-bond donors (Lipinski definition) is 2. The van der Waals surface area contributed by atoms with Gasteiger partial charge in [0.2, 0.25) is 5.95 Å². The number of aromatic nitrogens is 4. The van der Waals surface area contributed by atoms with Crippen molar-refractivity contribution < 1.29 is 14.2 Å². The van der Waals surface area contributed by atoms with Gasteiger partial charge in [0.25, 0.3) is 0 Å². The fraction of sp³-hybridized carbons (Fsp3) is 0.192. The fourth-order valence-electron chi connectivity index (χ4n) is 4.60. The molecule has 7 rings (SSSR count). The lowest BCUT2D eigenvalue weighted by Crippen LogP contribution is -2.31. The van der Waals surface area contributed by atoms with E-state index in [4.69, 9.17) is 24.9 Å². The van der Waals surface area contributed by atoms with E-state index in [1.807, 2.05) is 76.0 Å². The topological polar surface area (TPSA) is 113 Å². The van der Waals surface area contributed by atoms with Crippen LogP contribution in [-0.4, -0.2) is 38.1 Å². The van der Waals surface area contributed by atoms with E-state index in [-0.39, 0.29) is 6.17 Å². The number of fused-ring (bicyclic) bond motifs is 5. The van der Waals surface area contributed by atoms with Crippen LogP contribution in [0.2, 0.25) is 0 Å². The van der Waals surface area contributed by atoms with Crippen LogP contribution in [0.1, 0.15) is 23.8 Å². The van der Waals surface area contributed by atoms with Gasteiger partial charge in [-0.3, -0.25) is 9.88 Å². The van der Waals surface area contributed by atoms with Crippen molar-refractivity contribution >= 4 is 28.6 Å². The smallest absolute Gasteiger partial charge is 0.212 e. The maximum Gasteiger partial charge on any atom is 0.212 e. The first-order valence-electron chi connectivity index (χ1n) is 11.8. The van der Waals surface area contributed by atoms with Crippen molar-refractivity contribution in [2.24, 2.45) is 10.7 Å². The van der Waals surface area contributed by atoms with Crippen molar-refractivity contribution in [1.29, 1.82) is 0 Å². The van der Waals surface area contributed by atoms with E-state index in [2.05, 4.69) is 15.3 Å². The molecule has 0 amide bonds. The largest absolute Gasteiger partial charge is 0.489 e. The number of imidazole rings is 2. The molecule has 36 heavy (non-hydrogen) atoms.